The number of rotatable bonds is 9. The highest BCUT2D eigenvalue weighted by molar-refractivity contribution is 8.69. The number of thioether (sulfide) groups is 1. The van der Waals surface area contributed by atoms with Gasteiger partial charge >= 0.3 is 9.15 Å². The summed E-state index contributed by atoms with van der Waals surface area (Å²) < 4.78 is 29.3. The Balaban J connectivity index is 1.93. The first kappa shape index (κ1) is 15.8. The summed E-state index contributed by atoms with van der Waals surface area (Å²) >= 11 is 1.81. The average molecular weight is 307 g/mol. The van der Waals surface area contributed by atoms with Crippen LogP contribution in [0, 0.1) is 0 Å². The molecule has 0 aliphatic heterocycles. The Bertz CT molecular complexity index is 422. The molecule has 0 fully saturated rings. The lowest BCUT2D eigenvalue weighted by molar-refractivity contribution is 0.503. The van der Waals surface area contributed by atoms with Gasteiger partial charge in [0.05, 0.1) is 0 Å². The van der Waals surface area contributed by atoms with Crippen LogP contribution in [0.4, 0.5) is 0 Å². The fourth-order valence-electron chi connectivity index (χ4n) is 1.25. The summed E-state index contributed by atoms with van der Waals surface area (Å²) in [5.74, 6) is 1.40. The molecule has 2 N–H and O–H groups in total. The predicted molar refractivity (Wildman–Crippen MR) is 78.7 cm³/mol. The lowest BCUT2D eigenvalue weighted by Gasteiger charge is -2.04. The van der Waals surface area contributed by atoms with Gasteiger partial charge in [0.25, 0.3) is 0 Å². The van der Waals surface area contributed by atoms with Crippen LogP contribution in [-0.4, -0.2) is 37.6 Å². The second-order valence-corrected chi connectivity index (χ2v) is 8.15. The summed E-state index contributed by atoms with van der Waals surface area (Å²) in [7, 11) is -3.33. The van der Waals surface area contributed by atoms with Crippen molar-refractivity contribution in [3.8, 4) is 0 Å². The van der Waals surface area contributed by atoms with E-state index in [0.717, 1.165) is 18.7 Å². The van der Waals surface area contributed by atoms with Gasteiger partial charge in [-0.2, -0.15) is 8.42 Å². The summed E-state index contributed by atoms with van der Waals surface area (Å²) in [6.45, 7) is 1.44. The zero-order chi connectivity index (χ0) is 13.3. The molecule has 1 aromatic carbocycles. The van der Waals surface area contributed by atoms with Gasteiger partial charge in [-0.25, -0.2) is 0 Å². The van der Waals surface area contributed by atoms with Gasteiger partial charge in [0, 0.05) is 17.2 Å². The van der Waals surface area contributed by atoms with Crippen LogP contribution in [0.1, 0.15) is 6.42 Å². The molecule has 1 rings (SSSR count). The Morgan fingerprint density at radius 3 is 2.50 bits per heavy atom. The number of hydrogen-bond acceptors (Lipinski definition) is 5. The minimum absolute atomic E-state index is 0.366. The maximum atomic E-state index is 10.4. The van der Waals surface area contributed by atoms with Gasteiger partial charge in [0.15, 0.2) is 0 Å². The molecule has 0 aliphatic carbocycles. The lowest BCUT2D eigenvalue weighted by atomic mass is 10.4. The zero-order valence-electron chi connectivity index (χ0n) is 9.91. The summed E-state index contributed by atoms with van der Waals surface area (Å²) in [6.07, 6.45) is 1.02. The highest BCUT2D eigenvalue weighted by atomic mass is 33.1. The normalized spacial score (nSPS) is 11.6. The Morgan fingerprint density at radius 1 is 1.11 bits per heavy atom. The van der Waals surface area contributed by atoms with Crippen molar-refractivity contribution in [2.24, 2.45) is 0 Å². The topological polar surface area (TPSA) is 66.4 Å². The minimum atomic E-state index is -3.89. The summed E-state index contributed by atoms with van der Waals surface area (Å²) in [5.41, 5.74) is 0. The third-order valence-electron chi connectivity index (χ3n) is 2.02. The van der Waals surface area contributed by atoms with Gasteiger partial charge < -0.3 is 5.32 Å². The summed E-state index contributed by atoms with van der Waals surface area (Å²) in [5, 5.41) is 3.13. The van der Waals surface area contributed by atoms with Gasteiger partial charge in [-0.1, -0.05) is 18.2 Å². The van der Waals surface area contributed by atoms with Gasteiger partial charge in [0.2, 0.25) is 0 Å². The molecule has 0 saturated carbocycles. The fraction of sp³-hybridized carbons (Fsp3) is 0.455. The van der Waals surface area contributed by atoms with Crippen LogP contribution < -0.4 is 5.32 Å². The van der Waals surface area contributed by atoms with Crippen molar-refractivity contribution in [1.29, 1.82) is 0 Å². The first-order valence-corrected chi connectivity index (χ1v) is 9.51. The van der Waals surface area contributed by atoms with E-state index in [1.807, 2.05) is 30.0 Å². The summed E-state index contributed by atoms with van der Waals surface area (Å²) in [6, 6.07) is 10.2. The summed E-state index contributed by atoms with van der Waals surface area (Å²) in [4.78, 5) is 1.26. The van der Waals surface area contributed by atoms with Gasteiger partial charge in [-0.15, -0.1) is 11.8 Å². The molecule has 0 aromatic heterocycles. The smallest absolute Gasteiger partial charge is 0.316 e. The molecular weight excluding hydrogens is 290 g/mol. The highest BCUT2D eigenvalue weighted by Crippen LogP contribution is 2.17. The van der Waals surface area contributed by atoms with Crippen molar-refractivity contribution in [1.82, 2.24) is 5.32 Å². The molecule has 18 heavy (non-hydrogen) atoms. The number of nitrogens with one attached hydrogen (secondary N) is 1. The third-order valence-corrected chi connectivity index (χ3v) is 5.18. The molecule has 0 radical (unpaired) electrons. The SMILES string of the molecule is O=S(=O)(O)SCCNCCCSc1ccccc1. The molecule has 0 saturated heterocycles. The molecule has 4 nitrogen and oxygen atoms in total. The monoisotopic (exact) mass is 307 g/mol. The van der Waals surface area contributed by atoms with Crippen LogP contribution in [0.3, 0.4) is 0 Å². The van der Waals surface area contributed by atoms with Crippen molar-refractivity contribution < 1.29 is 13.0 Å². The molecule has 0 amide bonds. The Morgan fingerprint density at radius 2 is 1.83 bits per heavy atom. The van der Waals surface area contributed by atoms with E-state index in [9.17, 15) is 8.42 Å². The highest BCUT2D eigenvalue weighted by Gasteiger charge is 2.03. The molecule has 0 bridgehead atoms. The third kappa shape index (κ3) is 8.82. The quantitative estimate of drug-likeness (QED) is 0.316. The molecular formula is C11H17NO3S3. The van der Waals surface area contributed by atoms with E-state index in [1.165, 1.54) is 4.90 Å². The van der Waals surface area contributed by atoms with Crippen LogP contribution in [0.5, 0.6) is 0 Å². The minimum Gasteiger partial charge on any atom is -0.316 e. The van der Waals surface area contributed by atoms with Gasteiger partial charge in [-0.3, -0.25) is 4.55 Å². The molecule has 0 heterocycles. The lowest BCUT2D eigenvalue weighted by Crippen LogP contribution is -2.19. The molecule has 0 unspecified atom stereocenters. The molecule has 0 aliphatic rings. The largest absolute Gasteiger partial charge is 0.319 e. The number of benzene rings is 1. The van der Waals surface area contributed by atoms with E-state index in [4.69, 9.17) is 4.55 Å². The van der Waals surface area contributed by atoms with E-state index >= 15 is 0 Å². The Hall–Kier alpha value is -0.210. The Kier molecular flexibility index (Phi) is 7.76. The maximum absolute atomic E-state index is 10.4. The zero-order valence-corrected chi connectivity index (χ0v) is 12.4. The molecule has 7 heteroatoms. The average Bonchev–Trinajstić information content (AvgIpc) is 2.32. The second kappa shape index (κ2) is 8.82. The first-order valence-electron chi connectivity index (χ1n) is 5.58. The molecule has 0 spiro atoms. The molecule has 0 atom stereocenters. The van der Waals surface area contributed by atoms with E-state index < -0.39 is 9.15 Å². The Labute approximate surface area is 116 Å². The fourth-order valence-corrected chi connectivity index (χ4v) is 3.44. The van der Waals surface area contributed by atoms with Crippen molar-refractivity contribution in [2.75, 3.05) is 24.6 Å². The molecule has 1 aromatic rings. The van der Waals surface area contributed by atoms with Crippen LogP contribution in [0.15, 0.2) is 35.2 Å². The van der Waals surface area contributed by atoms with Gasteiger partial charge in [-0.05, 0) is 41.6 Å². The number of hydrogen-bond donors (Lipinski definition) is 2. The standard InChI is InChI=1S/C11H17NO3S3/c13-18(14,15)17-10-8-12-7-4-9-16-11-5-2-1-3-6-11/h1-3,5-6,12H,4,7-10H2,(H,13,14,15). The second-order valence-electron chi connectivity index (χ2n) is 3.51. The van der Waals surface area contributed by atoms with E-state index in [0.29, 0.717) is 23.1 Å². The van der Waals surface area contributed by atoms with Crippen molar-refractivity contribution >= 4 is 31.7 Å². The van der Waals surface area contributed by atoms with Crippen LogP contribution in [0.25, 0.3) is 0 Å². The van der Waals surface area contributed by atoms with E-state index in [-0.39, 0.29) is 0 Å². The van der Waals surface area contributed by atoms with Crippen LogP contribution in [-0.2, 0) is 9.15 Å². The van der Waals surface area contributed by atoms with Crippen molar-refractivity contribution in [3.05, 3.63) is 30.3 Å². The van der Waals surface area contributed by atoms with E-state index in [2.05, 4.69) is 17.4 Å². The molecule has 102 valence electrons. The van der Waals surface area contributed by atoms with E-state index in [1.54, 1.807) is 0 Å². The van der Waals surface area contributed by atoms with Crippen LogP contribution >= 0.6 is 22.6 Å². The van der Waals surface area contributed by atoms with Crippen molar-refractivity contribution in [2.45, 2.75) is 11.3 Å². The van der Waals surface area contributed by atoms with Crippen molar-refractivity contribution in [3.63, 3.8) is 0 Å². The van der Waals surface area contributed by atoms with Crippen LogP contribution in [0.2, 0.25) is 0 Å². The van der Waals surface area contributed by atoms with Gasteiger partial charge in [0.1, 0.15) is 0 Å². The maximum Gasteiger partial charge on any atom is 0.319 e. The first-order chi connectivity index (χ1) is 8.58. The predicted octanol–water partition coefficient (Wildman–Crippen LogP) is 2.29.